The van der Waals surface area contributed by atoms with E-state index in [1.54, 1.807) is 0 Å². The maximum Gasteiger partial charge on any atom is 0.455 e. The van der Waals surface area contributed by atoms with E-state index in [0.29, 0.717) is 6.26 Å². The molecule has 312 valence electrons. The SMILES string of the molecule is C.C.C.C.CC(C)(COCC(C)(COCC(F)(F)C(F)(F)F)COS(C)(=O)=O)COCC(C)(COCC(F)(F)C(F)(F)F)COS(=O)(=O)[O-].[NH4+]. The Morgan fingerprint density at radius 1 is 0.480 bits per heavy atom. The normalized spacial score (nSPS) is 15.5. The van der Waals surface area contributed by atoms with Gasteiger partial charge in [-0.25, -0.2) is 8.42 Å². The lowest BCUT2D eigenvalue weighted by atomic mass is 9.92. The Hall–Kier alpha value is -1.12. The molecular formula is C26H55F10NO11S2. The average Bonchev–Trinajstić information content (AvgIpc) is 2.79. The zero-order valence-corrected chi connectivity index (χ0v) is 27.3. The zero-order chi connectivity index (χ0) is 35.8. The number of hydrogen-bond donors (Lipinski definition) is 1. The summed E-state index contributed by atoms with van der Waals surface area (Å²) in [6, 6.07) is 0. The summed E-state index contributed by atoms with van der Waals surface area (Å²) in [6.45, 7) is -4.15. The maximum atomic E-state index is 13.2. The van der Waals surface area contributed by atoms with Crippen LogP contribution >= 0.6 is 0 Å². The molecule has 2 atom stereocenters. The lowest BCUT2D eigenvalue weighted by molar-refractivity contribution is -0.298. The van der Waals surface area contributed by atoms with Gasteiger partial charge in [0.25, 0.3) is 10.1 Å². The largest absolute Gasteiger partial charge is 0.726 e. The predicted molar refractivity (Wildman–Crippen MR) is 165 cm³/mol. The van der Waals surface area contributed by atoms with Gasteiger partial charge in [0.1, 0.15) is 13.2 Å². The van der Waals surface area contributed by atoms with E-state index in [9.17, 15) is 65.3 Å². The first-order chi connectivity index (χ1) is 19.7. The van der Waals surface area contributed by atoms with Gasteiger partial charge in [0.15, 0.2) is 0 Å². The van der Waals surface area contributed by atoms with Crippen molar-refractivity contribution < 1.29 is 92.6 Å². The van der Waals surface area contributed by atoms with Gasteiger partial charge >= 0.3 is 24.2 Å². The van der Waals surface area contributed by atoms with E-state index >= 15 is 0 Å². The molecule has 12 nitrogen and oxygen atoms in total. The standard InChI is InChI=1S/C22H36F10O11S2.4CH4.H3N/c1-16(2,6-38-8-17(3,12-42-44(5,33)34)10-40-14-19(23,24)21(27,28)29)7-39-9-18(4,13-43-45(35,36)37)11-41-15-20(25,26)22(30,31)32;;;;;/h6-15H2,1-5H3,(H,35,36,37);4*1H4;1H3. The van der Waals surface area contributed by atoms with Crippen LogP contribution in [0.1, 0.15) is 57.4 Å². The molecule has 0 spiro atoms. The summed E-state index contributed by atoms with van der Waals surface area (Å²) < 4.78 is 211. The molecule has 0 heterocycles. The van der Waals surface area contributed by atoms with E-state index < -0.39 is 114 Å². The van der Waals surface area contributed by atoms with Crippen LogP contribution in [0.25, 0.3) is 0 Å². The number of hydrogen-bond acceptors (Lipinski definition) is 11. The fourth-order valence-electron chi connectivity index (χ4n) is 2.92. The third-order valence-electron chi connectivity index (χ3n) is 5.36. The second-order valence-electron chi connectivity index (χ2n) is 11.8. The predicted octanol–water partition coefficient (Wildman–Crippen LogP) is 6.86. The van der Waals surface area contributed by atoms with Crippen LogP contribution in [0.5, 0.6) is 0 Å². The van der Waals surface area contributed by atoms with Crippen LogP contribution in [0.4, 0.5) is 43.9 Å². The second kappa shape index (κ2) is 22.2. The van der Waals surface area contributed by atoms with Crippen molar-refractivity contribution in [2.45, 2.75) is 81.6 Å². The van der Waals surface area contributed by atoms with Gasteiger partial charge in [0, 0.05) is 16.2 Å². The average molecular weight is 812 g/mol. The molecule has 0 amide bonds. The minimum absolute atomic E-state index is 0. The Morgan fingerprint density at radius 3 is 0.980 bits per heavy atom. The van der Waals surface area contributed by atoms with Gasteiger partial charge in [-0.1, -0.05) is 57.4 Å². The van der Waals surface area contributed by atoms with Crippen LogP contribution in [0.3, 0.4) is 0 Å². The van der Waals surface area contributed by atoms with E-state index in [1.165, 1.54) is 20.8 Å². The summed E-state index contributed by atoms with van der Waals surface area (Å²) >= 11 is 0. The van der Waals surface area contributed by atoms with Gasteiger partial charge < -0.3 is 29.7 Å². The number of quaternary nitrogens is 1. The molecule has 4 N–H and O–H groups in total. The van der Waals surface area contributed by atoms with Crippen molar-refractivity contribution in [2.75, 3.05) is 72.3 Å². The van der Waals surface area contributed by atoms with Crippen LogP contribution in [-0.4, -0.2) is 118 Å². The van der Waals surface area contributed by atoms with Crippen LogP contribution in [-0.2, 0) is 47.8 Å². The molecule has 0 aromatic carbocycles. The monoisotopic (exact) mass is 811 g/mol. The maximum absolute atomic E-state index is 13.2. The number of rotatable bonds is 22. The molecule has 0 aliphatic heterocycles. The molecule has 50 heavy (non-hydrogen) atoms. The first-order valence-corrected chi connectivity index (χ1v) is 15.5. The minimum Gasteiger partial charge on any atom is -0.726 e. The summed E-state index contributed by atoms with van der Waals surface area (Å²) in [7, 11) is -9.40. The fraction of sp³-hybridized carbons (Fsp3) is 1.00. The molecule has 0 aliphatic rings. The third kappa shape index (κ3) is 25.0. The van der Waals surface area contributed by atoms with Gasteiger partial charge in [-0.3, -0.25) is 8.37 Å². The zero-order valence-electron chi connectivity index (χ0n) is 25.7. The molecule has 0 fully saturated rings. The van der Waals surface area contributed by atoms with Crippen molar-refractivity contribution in [3.8, 4) is 0 Å². The Balaban J connectivity index is -0.000000968. The van der Waals surface area contributed by atoms with Crippen molar-refractivity contribution in [3.05, 3.63) is 0 Å². The van der Waals surface area contributed by atoms with Gasteiger partial charge in [-0.05, 0) is 0 Å². The molecule has 0 saturated heterocycles. The lowest BCUT2D eigenvalue weighted by Crippen LogP contribution is -2.43. The van der Waals surface area contributed by atoms with E-state index in [4.69, 9.17) is 9.47 Å². The fourth-order valence-corrected chi connectivity index (χ4v) is 3.85. The van der Waals surface area contributed by atoms with Gasteiger partial charge in [0.2, 0.25) is 10.4 Å². The quantitative estimate of drug-likeness (QED) is 0.0522. The highest BCUT2D eigenvalue weighted by Crippen LogP contribution is 2.37. The lowest BCUT2D eigenvalue weighted by Gasteiger charge is -2.33. The minimum atomic E-state index is -5.94. The first kappa shape index (κ1) is 60.9. The van der Waals surface area contributed by atoms with Crippen LogP contribution in [0.2, 0.25) is 0 Å². The summed E-state index contributed by atoms with van der Waals surface area (Å²) in [5.41, 5.74) is -4.32. The second-order valence-corrected chi connectivity index (χ2v) is 14.5. The number of halogens is 10. The molecule has 0 aromatic rings. The van der Waals surface area contributed by atoms with Crippen LogP contribution < -0.4 is 6.15 Å². The molecule has 0 saturated carbocycles. The van der Waals surface area contributed by atoms with Crippen LogP contribution in [0.15, 0.2) is 0 Å². The van der Waals surface area contributed by atoms with Crippen molar-refractivity contribution in [1.29, 1.82) is 0 Å². The van der Waals surface area contributed by atoms with Gasteiger partial charge in [-0.2, -0.15) is 52.3 Å². The van der Waals surface area contributed by atoms with Crippen LogP contribution in [0, 0.1) is 16.2 Å². The van der Waals surface area contributed by atoms with Gasteiger partial charge in [0.05, 0.1) is 59.1 Å². The molecule has 0 aliphatic carbocycles. The Labute approximate surface area is 289 Å². The number of alkyl halides is 10. The molecule has 24 heteroatoms. The highest BCUT2D eigenvalue weighted by atomic mass is 32.3. The molecule has 2 unspecified atom stereocenters. The van der Waals surface area contributed by atoms with E-state index in [0.717, 1.165) is 6.92 Å². The molecule has 0 aromatic heterocycles. The van der Waals surface area contributed by atoms with Gasteiger partial charge in [-0.15, -0.1) is 0 Å². The highest BCUT2D eigenvalue weighted by Gasteiger charge is 2.58. The summed E-state index contributed by atoms with van der Waals surface area (Å²) in [6.07, 6.45) is -11.2. The van der Waals surface area contributed by atoms with Crippen molar-refractivity contribution >= 4 is 20.5 Å². The molecule has 0 radical (unpaired) electrons. The van der Waals surface area contributed by atoms with Crippen molar-refractivity contribution in [1.82, 2.24) is 6.15 Å². The third-order valence-corrected chi connectivity index (χ3v) is 6.31. The molecule has 0 bridgehead atoms. The summed E-state index contributed by atoms with van der Waals surface area (Å²) in [5.74, 6) is -10.4. The highest BCUT2D eigenvalue weighted by molar-refractivity contribution is 7.86. The molecule has 0 rings (SSSR count). The number of ether oxygens (including phenoxy) is 4. The topological polar surface area (TPSA) is 183 Å². The van der Waals surface area contributed by atoms with Crippen molar-refractivity contribution in [2.24, 2.45) is 16.2 Å². The smallest absolute Gasteiger partial charge is 0.455 e. The van der Waals surface area contributed by atoms with E-state index in [-0.39, 0.29) is 49.1 Å². The summed E-state index contributed by atoms with van der Waals surface area (Å²) in [5, 5.41) is 0. The van der Waals surface area contributed by atoms with Crippen molar-refractivity contribution in [3.63, 3.8) is 0 Å². The van der Waals surface area contributed by atoms with E-state index in [2.05, 4.69) is 17.8 Å². The summed E-state index contributed by atoms with van der Waals surface area (Å²) in [4.78, 5) is 0. The van der Waals surface area contributed by atoms with E-state index in [1.807, 2.05) is 0 Å². The Kier molecular flexibility index (Phi) is 27.0. The Bertz CT molecular complexity index is 1050. The Morgan fingerprint density at radius 2 is 0.740 bits per heavy atom. The first-order valence-electron chi connectivity index (χ1n) is 12.4. The molecular weight excluding hydrogens is 756 g/mol.